The zero-order valence-corrected chi connectivity index (χ0v) is 18.4. The van der Waals surface area contributed by atoms with Crippen LogP contribution < -0.4 is 5.32 Å². The summed E-state index contributed by atoms with van der Waals surface area (Å²) in [6.45, 7) is 5.91. The van der Waals surface area contributed by atoms with Crippen LogP contribution in [0.15, 0.2) is 57.1 Å². The molecule has 3 aliphatic heterocycles. The van der Waals surface area contributed by atoms with Gasteiger partial charge in [0.1, 0.15) is 18.0 Å². The quantitative estimate of drug-likeness (QED) is 0.386. The lowest BCUT2D eigenvalue weighted by Crippen LogP contribution is -2.71. The lowest BCUT2D eigenvalue weighted by atomic mass is 9.74. The van der Waals surface area contributed by atoms with Crippen molar-refractivity contribution in [2.24, 2.45) is 15.6 Å². The van der Waals surface area contributed by atoms with Crippen molar-refractivity contribution in [1.29, 1.82) is 0 Å². The molecular formula is C23H22BrN5O2. The Balaban J connectivity index is 1.27. The number of aromatic amines is 1. The molecule has 2 saturated heterocycles. The Hall–Kier alpha value is -2.68. The van der Waals surface area contributed by atoms with Crippen molar-refractivity contribution < 1.29 is 9.94 Å². The van der Waals surface area contributed by atoms with E-state index < -0.39 is 0 Å². The van der Waals surface area contributed by atoms with Crippen LogP contribution in [0.2, 0.25) is 0 Å². The number of hydrogen-bond acceptors (Lipinski definition) is 6. The maximum Gasteiger partial charge on any atom is 0.199 e. The molecule has 2 fully saturated rings. The molecule has 0 radical (unpaired) electrons. The highest BCUT2D eigenvalue weighted by molar-refractivity contribution is 9.10. The summed E-state index contributed by atoms with van der Waals surface area (Å²) in [5.74, 6) is 0.0762. The molecule has 3 N–H and O–H groups in total. The molecular weight excluding hydrogens is 458 g/mol. The van der Waals surface area contributed by atoms with E-state index in [0.717, 1.165) is 59.4 Å². The van der Waals surface area contributed by atoms with Crippen molar-refractivity contribution in [1.82, 2.24) is 15.2 Å². The second-order valence-corrected chi connectivity index (χ2v) is 9.52. The van der Waals surface area contributed by atoms with E-state index in [2.05, 4.69) is 36.3 Å². The van der Waals surface area contributed by atoms with E-state index in [1.165, 1.54) is 0 Å². The van der Waals surface area contributed by atoms with Crippen molar-refractivity contribution in [2.75, 3.05) is 39.3 Å². The summed E-state index contributed by atoms with van der Waals surface area (Å²) in [6.07, 6.45) is 0. The fourth-order valence-electron chi connectivity index (χ4n) is 4.77. The smallest absolute Gasteiger partial charge is 0.199 e. The van der Waals surface area contributed by atoms with E-state index in [0.29, 0.717) is 29.0 Å². The molecule has 0 amide bonds. The highest BCUT2D eigenvalue weighted by Gasteiger charge is 2.47. The van der Waals surface area contributed by atoms with E-state index in [1.54, 1.807) is 0 Å². The maximum absolute atomic E-state index is 10.7. The molecule has 0 aliphatic carbocycles. The number of para-hydroxylation sites is 1. The molecule has 1 spiro atoms. The molecule has 3 aromatic rings. The van der Waals surface area contributed by atoms with Crippen molar-refractivity contribution in [2.45, 2.75) is 0 Å². The van der Waals surface area contributed by atoms with Gasteiger partial charge in [0.2, 0.25) is 0 Å². The standard InChI is InChI=1S/C23H22BrN5O2/c24-14-5-6-18-16(9-14)19(22(30)27-18)21-20(15-3-1-2-4-17(15)26-21)28-31-8-7-29-12-23(13-29)10-25-11-23/h1-6,9,25,27,30H,7-8,10-13H2/b28-20+. The number of nitrogens with one attached hydrogen (secondary N) is 2. The molecule has 158 valence electrons. The van der Waals surface area contributed by atoms with Gasteiger partial charge in [-0.2, -0.15) is 0 Å². The summed E-state index contributed by atoms with van der Waals surface area (Å²) in [7, 11) is 0. The van der Waals surface area contributed by atoms with Crippen LogP contribution in [0.3, 0.4) is 0 Å². The van der Waals surface area contributed by atoms with Crippen molar-refractivity contribution in [3.05, 3.63) is 58.1 Å². The Kier molecular flexibility index (Phi) is 4.41. The number of halogens is 1. The first-order valence-corrected chi connectivity index (χ1v) is 11.2. The van der Waals surface area contributed by atoms with E-state index in [-0.39, 0.29) is 5.88 Å². The minimum Gasteiger partial charge on any atom is -0.494 e. The van der Waals surface area contributed by atoms with E-state index in [9.17, 15) is 5.11 Å². The Labute approximate surface area is 187 Å². The Morgan fingerprint density at radius 3 is 2.84 bits per heavy atom. The highest BCUT2D eigenvalue weighted by Crippen LogP contribution is 2.37. The van der Waals surface area contributed by atoms with Crippen LogP contribution in [0, 0.1) is 5.41 Å². The SMILES string of the molecule is Oc1[nH]c2ccc(Br)cc2c1C1=Nc2ccccc2/C1=N\OCCN1CC2(CNC2)C1. The number of aromatic hydroxyl groups is 1. The molecule has 3 aliphatic rings. The summed E-state index contributed by atoms with van der Waals surface area (Å²) in [5.41, 5.74) is 4.98. The first-order chi connectivity index (χ1) is 15.1. The number of likely N-dealkylation sites (tertiary alicyclic amines) is 1. The van der Waals surface area contributed by atoms with E-state index in [4.69, 9.17) is 9.83 Å². The van der Waals surface area contributed by atoms with Gasteiger partial charge in [-0.3, -0.25) is 4.90 Å². The molecule has 2 aromatic carbocycles. The van der Waals surface area contributed by atoms with Gasteiger partial charge in [0.05, 0.1) is 11.3 Å². The molecule has 7 nitrogen and oxygen atoms in total. The summed E-state index contributed by atoms with van der Waals surface area (Å²) >= 11 is 3.52. The van der Waals surface area contributed by atoms with E-state index in [1.807, 2.05) is 42.5 Å². The fourth-order valence-corrected chi connectivity index (χ4v) is 5.13. The molecule has 0 atom stereocenters. The lowest BCUT2D eigenvalue weighted by molar-refractivity contribution is -0.0512. The normalized spacial score (nSPS) is 20.5. The van der Waals surface area contributed by atoms with Crippen LogP contribution >= 0.6 is 15.9 Å². The Bertz CT molecular complexity index is 1240. The molecule has 6 rings (SSSR count). The molecule has 1 aromatic heterocycles. The number of oxime groups is 1. The van der Waals surface area contributed by atoms with Gasteiger partial charge in [0.25, 0.3) is 0 Å². The Morgan fingerprint density at radius 1 is 1.19 bits per heavy atom. The van der Waals surface area contributed by atoms with Gasteiger partial charge in [0, 0.05) is 59.1 Å². The minimum atomic E-state index is 0.0762. The average molecular weight is 480 g/mol. The van der Waals surface area contributed by atoms with Crippen LogP contribution in [0.1, 0.15) is 11.1 Å². The topological polar surface area (TPSA) is 85.2 Å². The molecule has 0 bridgehead atoms. The second-order valence-electron chi connectivity index (χ2n) is 8.60. The van der Waals surface area contributed by atoms with Gasteiger partial charge in [0.15, 0.2) is 5.88 Å². The first kappa shape index (κ1) is 19.0. The predicted octanol–water partition coefficient (Wildman–Crippen LogP) is 3.40. The third-order valence-electron chi connectivity index (χ3n) is 6.37. The number of aliphatic imine (C=N–C) groups is 1. The van der Waals surface area contributed by atoms with Gasteiger partial charge < -0.3 is 20.2 Å². The van der Waals surface area contributed by atoms with Gasteiger partial charge in [-0.25, -0.2) is 4.99 Å². The molecule has 31 heavy (non-hydrogen) atoms. The second kappa shape index (κ2) is 7.19. The van der Waals surface area contributed by atoms with Crippen LogP contribution in [-0.2, 0) is 4.84 Å². The summed E-state index contributed by atoms with van der Waals surface area (Å²) in [4.78, 5) is 16.0. The maximum atomic E-state index is 10.7. The van der Waals surface area contributed by atoms with Gasteiger partial charge in [-0.15, -0.1) is 0 Å². The third kappa shape index (κ3) is 3.17. The fraction of sp³-hybridized carbons (Fsp3) is 0.304. The number of aromatic nitrogens is 1. The number of fused-ring (bicyclic) bond motifs is 2. The van der Waals surface area contributed by atoms with Gasteiger partial charge in [-0.05, 0) is 24.3 Å². The monoisotopic (exact) mass is 479 g/mol. The van der Waals surface area contributed by atoms with Gasteiger partial charge >= 0.3 is 0 Å². The highest BCUT2D eigenvalue weighted by atomic mass is 79.9. The van der Waals surface area contributed by atoms with Crippen molar-refractivity contribution in [3.8, 4) is 5.88 Å². The molecule has 0 unspecified atom stereocenters. The largest absolute Gasteiger partial charge is 0.494 e. The van der Waals surface area contributed by atoms with Gasteiger partial charge in [-0.1, -0.05) is 39.3 Å². The Morgan fingerprint density at radius 2 is 2.03 bits per heavy atom. The van der Waals surface area contributed by atoms with E-state index >= 15 is 0 Å². The summed E-state index contributed by atoms with van der Waals surface area (Å²) in [5, 5.41) is 19.4. The predicted molar refractivity (Wildman–Crippen MR) is 125 cm³/mol. The van der Waals surface area contributed by atoms with Crippen LogP contribution in [0.5, 0.6) is 5.88 Å². The first-order valence-electron chi connectivity index (χ1n) is 10.4. The van der Waals surface area contributed by atoms with Crippen molar-refractivity contribution in [3.63, 3.8) is 0 Å². The zero-order valence-electron chi connectivity index (χ0n) is 16.9. The van der Waals surface area contributed by atoms with Crippen molar-refractivity contribution >= 4 is 43.9 Å². The molecule has 0 saturated carbocycles. The average Bonchev–Trinajstić information content (AvgIpc) is 3.21. The van der Waals surface area contributed by atoms with Crippen LogP contribution in [0.4, 0.5) is 5.69 Å². The number of rotatable bonds is 5. The summed E-state index contributed by atoms with van der Waals surface area (Å²) < 4.78 is 0.931. The minimum absolute atomic E-state index is 0.0762. The van der Waals surface area contributed by atoms with Crippen LogP contribution in [-0.4, -0.2) is 65.7 Å². The number of hydrogen-bond donors (Lipinski definition) is 3. The van der Waals surface area contributed by atoms with Crippen LogP contribution in [0.25, 0.3) is 10.9 Å². The molecule has 8 heteroatoms. The zero-order chi connectivity index (χ0) is 21.0. The number of H-pyrrole nitrogens is 1. The number of nitrogens with zero attached hydrogens (tertiary/aromatic N) is 3. The third-order valence-corrected chi connectivity index (χ3v) is 6.86. The summed E-state index contributed by atoms with van der Waals surface area (Å²) in [6, 6.07) is 13.7. The molecule has 4 heterocycles. The number of benzene rings is 2. The lowest BCUT2D eigenvalue weighted by Gasteiger charge is -2.56.